The fraction of sp³-hybridized carbons (Fsp3) is 0.727. The van der Waals surface area contributed by atoms with E-state index in [1.54, 1.807) is 0 Å². The summed E-state index contributed by atoms with van der Waals surface area (Å²) in [6.07, 6.45) is 4.57. The lowest BCUT2D eigenvalue weighted by molar-refractivity contribution is -0.0817. The Hall–Kier alpha value is -1.17. The average Bonchev–Trinajstić information content (AvgIpc) is 3.35. The van der Waals surface area contributed by atoms with Gasteiger partial charge in [0, 0.05) is 65.7 Å². The molecule has 4 rings (SSSR count). The first kappa shape index (κ1) is 24.5. The van der Waals surface area contributed by atoms with E-state index in [0.29, 0.717) is 13.2 Å². The summed E-state index contributed by atoms with van der Waals surface area (Å²) >= 11 is 0. The van der Waals surface area contributed by atoms with Gasteiger partial charge in [0.1, 0.15) is 11.9 Å². The Bertz CT molecular complexity index is 690. The van der Waals surface area contributed by atoms with Crippen molar-refractivity contribution in [1.29, 1.82) is 0 Å². The molecule has 31 heavy (non-hydrogen) atoms. The zero-order chi connectivity index (χ0) is 20.8. The number of aliphatic imine (C=N–C) groups is 1. The molecule has 3 fully saturated rings. The maximum Gasteiger partial charge on any atom is 0.194 e. The van der Waals surface area contributed by atoms with Crippen molar-refractivity contribution >= 4 is 35.8 Å². The molecule has 1 aromatic heterocycles. The van der Waals surface area contributed by atoms with Crippen molar-refractivity contribution in [3.8, 4) is 0 Å². The summed E-state index contributed by atoms with van der Waals surface area (Å²) in [6, 6.07) is 4.31. The molecule has 1 N–H and O–H groups in total. The molecule has 1 aromatic rings. The van der Waals surface area contributed by atoms with Gasteiger partial charge in [-0.05, 0) is 31.0 Å². The molecule has 3 saturated heterocycles. The van der Waals surface area contributed by atoms with Crippen LogP contribution in [0.4, 0.5) is 5.82 Å². The van der Waals surface area contributed by atoms with E-state index in [4.69, 9.17) is 14.5 Å². The molecule has 4 heterocycles. The molecule has 9 heteroatoms. The number of aromatic nitrogens is 1. The molecule has 8 nitrogen and oxygen atoms in total. The Morgan fingerprint density at radius 1 is 1.13 bits per heavy atom. The summed E-state index contributed by atoms with van der Waals surface area (Å²) in [5.74, 6) is 1.99. The van der Waals surface area contributed by atoms with E-state index < -0.39 is 0 Å². The van der Waals surface area contributed by atoms with Crippen LogP contribution in [0.3, 0.4) is 0 Å². The van der Waals surface area contributed by atoms with Crippen LogP contribution in [0.2, 0.25) is 0 Å². The molecular formula is C22H37IN6O2. The van der Waals surface area contributed by atoms with Crippen molar-refractivity contribution in [2.24, 2.45) is 4.99 Å². The number of likely N-dealkylation sites (N-methyl/N-ethyl adjacent to an activating group) is 1. The van der Waals surface area contributed by atoms with Crippen LogP contribution in [0, 0.1) is 0 Å². The average molecular weight is 544 g/mol. The van der Waals surface area contributed by atoms with Gasteiger partial charge < -0.3 is 29.5 Å². The zero-order valence-corrected chi connectivity index (χ0v) is 21.2. The highest BCUT2D eigenvalue weighted by Gasteiger charge is 2.32. The predicted molar refractivity (Wildman–Crippen MR) is 134 cm³/mol. The Morgan fingerprint density at radius 2 is 1.94 bits per heavy atom. The van der Waals surface area contributed by atoms with Crippen molar-refractivity contribution in [1.82, 2.24) is 20.1 Å². The third-order valence-corrected chi connectivity index (χ3v) is 6.39. The number of ether oxygens (including phenoxy) is 2. The second-order valence-electron chi connectivity index (χ2n) is 8.25. The summed E-state index contributed by atoms with van der Waals surface area (Å²) in [7, 11) is 1.84. The molecule has 0 bridgehead atoms. The van der Waals surface area contributed by atoms with Gasteiger partial charge in [-0.25, -0.2) is 4.98 Å². The topological polar surface area (TPSA) is 65.5 Å². The van der Waals surface area contributed by atoms with Crippen LogP contribution in [-0.2, 0) is 16.0 Å². The van der Waals surface area contributed by atoms with Gasteiger partial charge in [-0.15, -0.1) is 24.0 Å². The number of hydrogen-bond acceptors (Lipinski definition) is 6. The van der Waals surface area contributed by atoms with Crippen LogP contribution in [0.15, 0.2) is 23.3 Å². The van der Waals surface area contributed by atoms with Gasteiger partial charge in [-0.1, -0.05) is 13.0 Å². The van der Waals surface area contributed by atoms with Crippen LogP contribution >= 0.6 is 24.0 Å². The Labute approximate surface area is 203 Å². The first-order valence-corrected chi connectivity index (χ1v) is 11.4. The van der Waals surface area contributed by atoms with Crippen molar-refractivity contribution in [3.63, 3.8) is 0 Å². The van der Waals surface area contributed by atoms with E-state index in [0.717, 1.165) is 82.6 Å². The fourth-order valence-electron chi connectivity index (χ4n) is 4.50. The van der Waals surface area contributed by atoms with Crippen molar-refractivity contribution in [2.75, 3.05) is 71.0 Å². The van der Waals surface area contributed by atoms with Crippen LogP contribution in [0.25, 0.3) is 0 Å². The second kappa shape index (κ2) is 12.2. The van der Waals surface area contributed by atoms with Gasteiger partial charge >= 0.3 is 0 Å². The van der Waals surface area contributed by atoms with Crippen LogP contribution in [0.5, 0.6) is 0 Å². The molecule has 0 spiro atoms. The Morgan fingerprint density at radius 3 is 2.58 bits per heavy atom. The number of halogens is 1. The van der Waals surface area contributed by atoms with Gasteiger partial charge in [0.05, 0.1) is 12.7 Å². The standard InChI is InChI=1S/C22H36N6O2.HI/c1-3-26-8-10-27(11-9-26)21-7-6-18(15-24-21)16-25-22(23-2)28-12-14-30-20(17-28)19-5-4-13-29-19;/h6-7,15,19-20H,3-5,8-14,16-17H2,1-2H3,(H,23,25);1H. The highest BCUT2D eigenvalue weighted by molar-refractivity contribution is 14.0. The first-order chi connectivity index (χ1) is 14.8. The van der Waals surface area contributed by atoms with Crippen LogP contribution in [-0.4, -0.2) is 99.0 Å². The Balaban J connectivity index is 0.00000272. The molecule has 2 atom stereocenters. The summed E-state index contributed by atoms with van der Waals surface area (Å²) < 4.78 is 11.8. The lowest BCUT2D eigenvalue weighted by atomic mass is 10.1. The number of nitrogens with zero attached hydrogens (tertiary/aromatic N) is 5. The quantitative estimate of drug-likeness (QED) is 0.345. The number of nitrogens with one attached hydrogen (secondary N) is 1. The highest BCUT2D eigenvalue weighted by Crippen LogP contribution is 2.21. The number of anilines is 1. The number of morpholine rings is 1. The third kappa shape index (κ3) is 6.43. The number of rotatable bonds is 5. The van der Waals surface area contributed by atoms with Crippen LogP contribution in [0.1, 0.15) is 25.3 Å². The molecule has 0 saturated carbocycles. The molecule has 174 valence electrons. The molecule has 0 aromatic carbocycles. The van der Waals surface area contributed by atoms with E-state index in [-0.39, 0.29) is 36.2 Å². The molecule has 0 amide bonds. The van der Waals surface area contributed by atoms with Crippen molar-refractivity contribution < 1.29 is 9.47 Å². The second-order valence-corrected chi connectivity index (χ2v) is 8.25. The summed E-state index contributed by atoms with van der Waals surface area (Å²) in [6.45, 7) is 11.6. The monoisotopic (exact) mass is 544 g/mol. The van der Waals surface area contributed by atoms with Crippen molar-refractivity contribution in [2.45, 2.75) is 38.5 Å². The van der Waals surface area contributed by atoms with Gasteiger partial charge in [-0.2, -0.15) is 0 Å². The molecule has 3 aliphatic heterocycles. The first-order valence-electron chi connectivity index (χ1n) is 11.4. The summed E-state index contributed by atoms with van der Waals surface area (Å²) in [4.78, 5) is 16.3. The minimum atomic E-state index is 0. The van der Waals surface area contributed by atoms with Gasteiger partial charge in [-0.3, -0.25) is 4.99 Å². The molecule has 3 aliphatic rings. The van der Waals surface area contributed by atoms with E-state index in [1.807, 2.05) is 13.2 Å². The number of guanidine groups is 1. The highest BCUT2D eigenvalue weighted by atomic mass is 127. The van der Waals surface area contributed by atoms with Gasteiger partial charge in [0.15, 0.2) is 5.96 Å². The normalized spacial score (nSPS) is 25.4. The molecule has 0 radical (unpaired) electrons. The van der Waals surface area contributed by atoms with Gasteiger partial charge in [0.2, 0.25) is 0 Å². The van der Waals surface area contributed by atoms with E-state index in [1.165, 1.54) is 0 Å². The van der Waals surface area contributed by atoms with Crippen LogP contribution < -0.4 is 10.2 Å². The predicted octanol–water partition coefficient (Wildman–Crippen LogP) is 1.80. The lowest BCUT2D eigenvalue weighted by Crippen LogP contribution is -2.53. The molecule has 2 unspecified atom stereocenters. The number of piperazine rings is 1. The summed E-state index contributed by atoms with van der Waals surface area (Å²) in [5.41, 5.74) is 1.16. The van der Waals surface area contributed by atoms with Crippen molar-refractivity contribution in [3.05, 3.63) is 23.9 Å². The largest absolute Gasteiger partial charge is 0.375 e. The maximum atomic E-state index is 5.97. The zero-order valence-electron chi connectivity index (χ0n) is 18.8. The SMILES string of the molecule is CCN1CCN(c2ccc(CNC(=NC)N3CCOC(C4CCCO4)C3)cn2)CC1.I. The fourth-order valence-corrected chi connectivity index (χ4v) is 4.50. The smallest absolute Gasteiger partial charge is 0.194 e. The van der Waals surface area contributed by atoms with Gasteiger partial charge in [0.25, 0.3) is 0 Å². The Kier molecular flexibility index (Phi) is 9.61. The van der Waals surface area contributed by atoms with E-state index in [9.17, 15) is 0 Å². The van der Waals surface area contributed by atoms with E-state index in [2.05, 4.69) is 44.1 Å². The number of hydrogen-bond donors (Lipinski definition) is 1. The lowest BCUT2D eigenvalue weighted by Gasteiger charge is -2.37. The minimum absolute atomic E-state index is 0. The molecular weight excluding hydrogens is 507 g/mol. The third-order valence-electron chi connectivity index (χ3n) is 6.39. The molecule has 0 aliphatic carbocycles. The van der Waals surface area contributed by atoms with E-state index >= 15 is 0 Å². The summed E-state index contributed by atoms with van der Waals surface area (Å²) in [5, 5.41) is 3.50. The minimum Gasteiger partial charge on any atom is -0.375 e. The maximum absolute atomic E-state index is 5.97. The number of pyridine rings is 1.